The Morgan fingerprint density at radius 2 is 2.08 bits per heavy atom. The van der Waals surface area contributed by atoms with Crippen molar-refractivity contribution in [3.05, 3.63) is 34.9 Å². The molecule has 136 valence electrons. The van der Waals surface area contributed by atoms with Gasteiger partial charge in [0, 0.05) is 11.6 Å². The van der Waals surface area contributed by atoms with Gasteiger partial charge in [0.1, 0.15) is 12.1 Å². The predicted octanol–water partition coefficient (Wildman–Crippen LogP) is 2.70. The summed E-state index contributed by atoms with van der Waals surface area (Å²) in [6.07, 6.45) is 1.37. The van der Waals surface area contributed by atoms with E-state index in [9.17, 15) is 14.4 Å². The third-order valence-corrected chi connectivity index (χ3v) is 4.48. The summed E-state index contributed by atoms with van der Waals surface area (Å²) in [7, 11) is 0. The number of urea groups is 1. The molecule has 0 saturated carbocycles. The van der Waals surface area contributed by atoms with Gasteiger partial charge in [-0.05, 0) is 43.4 Å². The third kappa shape index (κ3) is 4.95. The Morgan fingerprint density at radius 3 is 2.72 bits per heavy atom. The van der Waals surface area contributed by atoms with Gasteiger partial charge in [-0.2, -0.15) is 0 Å². The van der Waals surface area contributed by atoms with E-state index in [0.29, 0.717) is 17.4 Å². The van der Waals surface area contributed by atoms with Crippen molar-refractivity contribution in [2.75, 3.05) is 6.54 Å². The van der Waals surface area contributed by atoms with Gasteiger partial charge < -0.3 is 10.6 Å². The van der Waals surface area contributed by atoms with Gasteiger partial charge in [-0.1, -0.05) is 37.6 Å². The van der Waals surface area contributed by atoms with E-state index in [0.717, 1.165) is 16.9 Å². The van der Waals surface area contributed by atoms with E-state index in [2.05, 4.69) is 24.5 Å². The molecule has 2 N–H and O–H groups in total. The number of carbonyl (C=O) groups excluding carboxylic acids is 3. The van der Waals surface area contributed by atoms with Crippen LogP contribution >= 0.6 is 11.6 Å². The summed E-state index contributed by atoms with van der Waals surface area (Å²) in [5, 5.41) is 6.00. The molecule has 1 aliphatic heterocycles. The maximum atomic E-state index is 12.5. The van der Waals surface area contributed by atoms with Crippen LogP contribution in [0.4, 0.5) is 4.79 Å². The lowest BCUT2D eigenvalue weighted by atomic mass is 9.92. The van der Waals surface area contributed by atoms with Crippen molar-refractivity contribution in [2.45, 2.75) is 45.7 Å². The summed E-state index contributed by atoms with van der Waals surface area (Å²) < 4.78 is 0. The first-order chi connectivity index (χ1) is 11.7. The van der Waals surface area contributed by atoms with Crippen LogP contribution in [0.3, 0.4) is 0 Å². The van der Waals surface area contributed by atoms with Crippen molar-refractivity contribution >= 4 is 29.4 Å². The predicted molar refractivity (Wildman–Crippen MR) is 96.0 cm³/mol. The van der Waals surface area contributed by atoms with Gasteiger partial charge in [-0.3, -0.25) is 14.5 Å². The second-order valence-corrected chi connectivity index (χ2v) is 7.43. The highest BCUT2D eigenvalue weighted by Gasteiger charge is 2.47. The van der Waals surface area contributed by atoms with Gasteiger partial charge in [0.05, 0.1) is 0 Å². The van der Waals surface area contributed by atoms with Crippen LogP contribution in [-0.4, -0.2) is 34.8 Å². The molecule has 1 aromatic carbocycles. The van der Waals surface area contributed by atoms with Gasteiger partial charge >= 0.3 is 6.03 Å². The van der Waals surface area contributed by atoms with Crippen LogP contribution in [0, 0.1) is 5.92 Å². The topological polar surface area (TPSA) is 78.5 Å². The zero-order valence-electron chi connectivity index (χ0n) is 14.8. The van der Waals surface area contributed by atoms with E-state index in [1.165, 1.54) is 0 Å². The summed E-state index contributed by atoms with van der Waals surface area (Å²) in [6, 6.07) is 6.61. The molecule has 0 aromatic heterocycles. The van der Waals surface area contributed by atoms with Crippen LogP contribution in [0.2, 0.25) is 5.02 Å². The molecule has 1 heterocycles. The molecule has 25 heavy (non-hydrogen) atoms. The van der Waals surface area contributed by atoms with Gasteiger partial charge in [0.25, 0.3) is 5.91 Å². The quantitative estimate of drug-likeness (QED) is 0.729. The van der Waals surface area contributed by atoms with E-state index in [4.69, 9.17) is 11.6 Å². The Hall–Kier alpha value is -2.08. The number of hydrogen-bond acceptors (Lipinski definition) is 3. The fraction of sp³-hybridized carbons (Fsp3) is 0.500. The second-order valence-electron chi connectivity index (χ2n) is 6.99. The molecule has 2 rings (SSSR count). The SMILES string of the molecule is CC(C)CCC1(C)NC(=O)N(CC(=O)NCc2cccc(Cl)c2)C1=O. The molecule has 6 nitrogen and oxygen atoms in total. The van der Waals surface area contributed by atoms with Crippen molar-refractivity contribution in [1.29, 1.82) is 0 Å². The maximum absolute atomic E-state index is 12.5. The molecule has 1 saturated heterocycles. The van der Waals surface area contributed by atoms with Crippen molar-refractivity contribution in [1.82, 2.24) is 15.5 Å². The molecule has 1 aromatic rings. The normalized spacial score (nSPS) is 20.1. The number of hydrogen-bond donors (Lipinski definition) is 2. The van der Waals surface area contributed by atoms with Crippen molar-refractivity contribution in [2.24, 2.45) is 5.92 Å². The smallest absolute Gasteiger partial charge is 0.325 e. The van der Waals surface area contributed by atoms with Crippen LogP contribution in [0.15, 0.2) is 24.3 Å². The number of rotatable bonds is 7. The standard InChI is InChI=1S/C18H24ClN3O3/c1-12(2)7-8-18(3)16(24)22(17(25)21-18)11-15(23)20-10-13-5-4-6-14(19)9-13/h4-6,9,12H,7-8,10-11H2,1-3H3,(H,20,23)(H,21,25). The number of carbonyl (C=O) groups is 3. The largest absolute Gasteiger partial charge is 0.350 e. The Morgan fingerprint density at radius 1 is 1.36 bits per heavy atom. The first kappa shape index (κ1) is 19.2. The minimum absolute atomic E-state index is 0.285. The molecule has 0 aliphatic carbocycles. The highest BCUT2D eigenvalue weighted by Crippen LogP contribution is 2.24. The molecule has 0 radical (unpaired) electrons. The molecule has 1 unspecified atom stereocenters. The summed E-state index contributed by atoms with van der Waals surface area (Å²) in [5.74, 6) is -0.316. The molecule has 0 bridgehead atoms. The van der Waals surface area contributed by atoms with Crippen LogP contribution < -0.4 is 10.6 Å². The molecular formula is C18H24ClN3O3. The highest BCUT2D eigenvalue weighted by atomic mass is 35.5. The maximum Gasteiger partial charge on any atom is 0.325 e. The van der Waals surface area contributed by atoms with E-state index in [1.54, 1.807) is 25.1 Å². The van der Waals surface area contributed by atoms with E-state index in [-0.39, 0.29) is 19.0 Å². The minimum atomic E-state index is -0.936. The van der Waals surface area contributed by atoms with Crippen LogP contribution in [-0.2, 0) is 16.1 Å². The summed E-state index contributed by atoms with van der Waals surface area (Å²) in [5.41, 5.74) is -0.0889. The molecular weight excluding hydrogens is 342 g/mol. The van der Waals surface area contributed by atoms with E-state index >= 15 is 0 Å². The number of benzene rings is 1. The van der Waals surface area contributed by atoms with E-state index in [1.807, 2.05) is 6.07 Å². The number of imide groups is 1. The van der Waals surface area contributed by atoms with Gasteiger partial charge in [0.2, 0.25) is 5.91 Å². The molecule has 1 atom stereocenters. The molecule has 1 fully saturated rings. The third-order valence-electron chi connectivity index (χ3n) is 4.25. The zero-order chi connectivity index (χ0) is 18.6. The van der Waals surface area contributed by atoms with E-state index < -0.39 is 17.5 Å². The average molecular weight is 366 g/mol. The summed E-state index contributed by atoms with van der Waals surface area (Å²) in [6.45, 7) is 5.83. The van der Waals surface area contributed by atoms with Crippen molar-refractivity contribution in [3.63, 3.8) is 0 Å². The van der Waals surface area contributed by atoms with Crippen molar-refractivity contribution < 1.29 is 14.4 Å². The Bertz CT molecular complexity index is 677. The molecule has 0 spiro atoms. The number of amides is 4. The first-order valence-corrected chi connectivity index (χ1v) is 8.74. The number of nitrogens with one attached hydrogen (secondary N) is 2. The zero-order valence-corrected chi connectivity index (χ0v) is 15.5. The average Bonchev–Trinajstić information content (AvgIpc) is 2.75. The molecule has 7 heteroatoms. The Labute approximate surface area is 152 Å². The van der Waals surface area contributed by atoms with Gasteiger partial charge in [-0.15, -0.1) is 0 Å². The lowest BCUT2D eigenvalue weighted by Gasteiger charge is -2.22. The van der Waals surface area contributed by atoms with Crippen molar-refractivity contribution in [3.8, 4) is 0 Å². The number of nitrogens with zero attached hydrogens (tertiary/aromatic N) is 1. The fourth-order valence-corrected chi connectivity index (χ4v) is 2.90. The molecule has 1 aliphatic rings. The second kappa shape index (κ2) is 7.87. The first-order valence-electron chi connectivity index (χ1n) is 8.36. The monoisotopic (exact) mass is 365 g/mol. The highest BCUT2D eigenvalue weighted by molar-refractivity contribution is 6.30. The van der Waals surface area contributed by atoms with Crippen LogP contribution in [0.5, 0.6) is 0 Å². The minimum Gasteiger partial charge on any atom is -0.350 e. The van der Waals surface area contributed by atoms with Crippen LogP contribution in [0.25, 0.3) is 0 Å². The number of halogens is 1. The fourth-order valence-electron chi connectivity index (χ4n) is 2.68. The molecule has 4 amide bonds. The van der Waals surface area contributed by atoms with Crippen LogP contribution in [0.1, 0.15) is 39.2 Å². The Balaban J connectivity index is 1.91. The van der Waals surface area contributed by atoms with Gasteiger partial charge in [0.15, 0.2) is 0 Å². The van der Waals surface area contributed by atoms with Gasteiger partial charge in [-0.25, -0.2) is 4.79 Å². The lowest BCUT2D eigenvalue weighted by molar-refractivity contribution is -0.134. The summed E-state index contributed by atoms with van der Waals surface area (Å²) in [4.78, 5) is 37.7. The Kier molecular flexibility index (Phi) is 6.06. The lowest BCUT2D eigenvalue weighted by Crippen LogP contribution is -2.45. The summed E-state index contributed by atoms with van der Waals surface area (Å²) >= 11 is 5.90.